The maximum atomic E-state index is 11.9. The van der Waals surface area contributed by atoms with Gasteiger partial charge >= 0.3 is 6.09 Å². The van der Waals surface area contributed by atoms with Crippen molar-refractivity contribution in [3.63, 3.8) is 0 Å². The van der Waals surface area contributed by atoms with Crippen LogP contribution < -0.4 is 5.32 Å². The van der Waals surface area contributed by atoms with Gasteiger partial charge in [0.25, 0.3) is 0 Å². The number of rotatable bonds is 3. The van der Waals surface area contributed by atoms with Crippen LogP contribution in [0.25, 0.3) is 10.9 Å². The predicted molar refractivity (Wildman–Crippen MR) is 84.5 cm³/mol. The lowest BCUT2D eigenvalue weighted by molar-refractivity contribution is 0.155. The molecule has 0 atom stereocenters. The van der Waals surface area contributed by atoms with Crippen molar-refractivity contribution >= 4 is 22.7 Å². The Morgan fingerprint density at radius 2 is 2.05 bits per heavy atom. The van der Waals surface area contributed by atoms with Crippen LogP contribution in [0.5, 0.6) is 0 Å². The normalized spacial score (nSPS) is 10.4. The Hall–Kier alpha value is -2.95. The highest BCUT2D eigenvalue weighted by Crippen LogP contribution is 2.16. The number of benzene rings is 1. The summed E-state index contributed by atoms with van der Waals surface area (Å²) in [6.07, 6.45) is 2.80. The van der Waals surface area contributed by atoms with Crippen LogP contribution in [0.4, 0.5) is 10.5 Å². The molecule has 0 saturated carbocycles. The van der Waals surface area contributed by atoms with Crippen molar-refractivity contribution in [2.45, 2.75) is 13.5 Å². The van der Waals surface area contributed by atoms with Gasteiger partial charge in [-0.25, -0.2) is 4.79 Å². The summed E-state index contributed by atoms with van der Waals surface area (Å²) < 4.78 is 5.21. The number of pyridine rings is 2. The van der Waals surface area contributed by atoms with Crippen LogP contribution in [0.1, 0.15) is 11.3 Å². The summed E-state index contributed by atoms with van der Waals surface area (Å²) in [5, 5.41) is 3.64. The predicted octanol–water partition coefficient (Wildman–Crippen LogP) is 3.69. The van der Waals surface area contributed by atoms with E-state index in [1.165, 1.54) is 0 Å². The van der Waals surface area contributed by atoms with Crippen molar-refractivity contribution in [2.75, 3.05) is 5.32 Å². The SMILES string of the molecule is Cc1ncccc1COC(=O)Nc1cnc2ccccc2c1. The van der Waals surface area contributed by atoms with Crippen molar-refractivity contribution in [1.29, 1.82) is 0 Å². The highest BCUT2D eigenvalue weighted by Gasteiger charge is 2.06. The molecule has 110 valence electrons. The summed E-state index contributed by atoms with van der Waals surface area (Å²) in [5.41, 5.74) is 3.22. The lowest BCUT2D eigenvalue weighted by Gasteiger charge is -2.08. The van der Waals surface area contributed by atoms with Gasteiger partial charge in [0.05, 0.1) is 17.4 Å². The summed E-state index contributed by atoms with van der Waals surface area (Å²) in [5.74, 6) is 0. The summed E-state index contributed by atoms with van der Waals surface area (Å²) >= 11 is 0. The summed E-state index contributed by atoms with van der Waals surface area (Å²) in [6, 6.07) is 13.3. The minimum absolute atomic E-state index is 0.187. The van der Waals surface area contributed by atoms with E-state index in [0.717, 1.165) is 22.2 Å². The molecular weight excluding hydrogens is 278 g/mol. The number of carbonyl (C=O) groups is 1. The number of carbonyl (C=O) groups excluding carboxylic acids is 1. The number of para-hydroxylation sites is 1. The standard InChI is InChI=1S/C17H15N3O2/c1-12-14(6-4-8-18-12)11-22-17(21)20-15-9-13-5-2-3-7-16(13)19-10-15/h2-10H,11H2,1H3,(H,20,21). The lowest BCUT2D eigenvalue weighted by Crippen LogP contribution is -2.14. The van der Waals surface area contributed by atoms with Gasteiger partial charge in [-0.15, -0.1) is 0 Å². The van der Waals surface area contributed by atoms with E-state index in [1.54, 1.807) is 12.4 Å². The maximum absolute atomic E-state index is 11.9. The molecule has 0 bridgehead atoms. The average molecular weight is 293 g/mol. The quantitative estimate of drug-likeness (QED) is 0.800. The van der Waals surface area contributed by atoms with Gasteiger partial charge in [-0.2, -0.15) is 0 Å². The Kier molecular flexibility index (Phi) is 3.96. The second-order valence-electron chi connectivity index (χ2n) is 4.87. The van der Waals surface area contributed by atoms with Gasteiger partial charge < -0.3 is 4.74 Å². The van der Waals surface area contributed by atoms with Crippen LogP contribution in [0, 0.1) is 6.92 Å². The molecule has 0 saturated heterocycles. The Balaban J connectivity index is 1.64. The van der Waals surface area contributed by atoms with Gasteiger partial charge in [0.2, 0.25) is 0 Å². The Bertz CT molecular complexity index is 818. The highest BCUT2D eigenvalue weighted by atomic mass is 16.5. The van der Waals surface area contributed by atoms with Crippen LogP contribution in [0.15, 0.2) is 54.9 Å². The third-order valence-electron chi connectivity index (χ3n) is 3.31. The number of ether oxygens (including phenoxy) is 1. The smallest absolute Gasteiger partial charge is 0.412 e. The monoisotopic (exact) mass is 293 g/mol. The van der Waals surface area contributed by atoms with Gasteiger partial charge in [0.1, 0.15) is 6.61 Å². The van der Waals surface area contributed by atoms with E-state index in [0.29, 0.717) is 5.69 Å². The number of amides is 1. The number of nitrogens with zero attached hydrogens (tertiary/aromatic N) is 2. The molecule has 0 aliphatic carbocycles. The van der Waals surface area contributed by atoms with E-state index in [-0.39, 0.29) is 6.61 Å². The van der Waals surface area contributed by atoms with E-state index in [9.17, 15) is 4.79 Å². The molecule has 5 heteroatoms. The van der Waals surface area contributed by atoms with Crippen molar-refractivity contribution in [3.05, 3.63) is 66.1 Å². The number of anilines is 1. The number of hydrogen-bond acceptors (Lipinski definition) is 4. The van der Waals surface area contributed by atoms with Gasteiger partial charge in [0, 0.05) is 22.8 Å². The van der Waals surface area contributed by atoms with Gasteiger partial charge in [-0.3, -0.25) is 15.3 Å². The maximum Gasteiger partial charge on any atom is 0.412 e. The zero-order valence-corrected chi connectivity index (χ0v) is 12.1. The summed E-state index contributed by atoms with van der Waals surface area (Å²) in [7, 11) is 0. The topological polar surface area (TPSA) is 64.1 Å². The molecule has 0 spiro atoms. The first-order valence-corrected chi connectivity index (χ1v) is 6.91. The number of aromatic nitrogens is 2. The largest absolute Gasteiger partial charge is 0.444 e. The molecule has 5 nitrogen and oxygen atoms in total. The second-order valence-corrected chi connectivity index (χ2v) is 4.87. The van der Waals surface area contributed by atoms with Crippen LogP contribution in [-0.4, -0.2) is 16.1 Å². The van der Waals surface area contributed by atoms with Crippen molar-refractivity contribution in [1.82, 2.24) is 9.97 Å². The zero-order valence-electron chi connectivity index (χ0n) is 12.1. The fraction of sp³-hybridized carbons (Fsp3) is 0.118. The molecule has 0 aliphatic rings. The molecule has 1 N–H and O–H groups in total. The molecule has 22 heavy (non-hydrogen) atoms. The molecule has 3 aromatic rings. The van der Waals surface area contributed by atoms with Crippen LogP contribution in [0.2, 0.25) is 0 Å². The highest BCUT2D eigenvalue weighted by molar-refractivity contribution is 5.88. The molecule has 1 amide bonds. The van der Waals surface area contributed by atoms with Crippen molar-refractivity contribution < 1.29 is 9.53 Å². The van der Waals surface area contributed by atoms with Gasteiger partial charge in [0.15, 0.2) is 0 Å². The second kappa shape index (κ2) is 6.22. The fourth-order valence-corrected chi connectivity index (χ4v) is 2.11. The summed E-state index contributed by atoms with van der Waals surface area (Å²) in [6.45, 7) is 2.07. The Morgan fingerprint density at radius 3 is 2.91 bits per heavy atom. The third-order valence-corrected chi connectivity index (χ3v) is 3.31. The molecule has 1 aromatic carbocycles. The molecule has 0 unspecified atom stereocenters. The van der Waals surface area contributed by atoms with Crippen LogP contribution in [0.3, 0.4) is 0 Å². The lowest BCUT2D eigenvalue weighted by atomic mass is 10.2. The molecule has 2 heterocycles. The van der Waals surface area contributed by atoms with E-state index < -0.39 is 6.09 Å². The fourth-order valence-electron chi connectivity index (χ4n) is 2.11. The van der Waals surface area contributed by atoms with E-state index in [2.05, 4.69) is 15.3 Å². The summed E-state index contributed by atoms with van der Waals surface area (Å²) in [4.78, 5) is 20.3. The molecule has 0 fully saturated rings. The first-order valence-electron chi connectivity index (χ1n) is 6.91. The first-order chi connectivity index (χ1) is 10.7. The number of fused-ring (bicyclic) bond motifs is 1. The molecule has 0 aliphatic heterocycles. The minimum Gasteiger partial charge on any atom is -0.444 e. The number of nitrogens with one attached hydrogen (secondary N) is 1. The third kappa shape index (κ3) is 3.20. The number of aryl methyl sites for hydroxylation is 1. The van der Waals surface area contributed by atoms with Gasteiger partial charge in [-0.05, 0) is 25.1 Å². The molecule has 0 radical (unpaired) electrons. The minimum atomic E-state index is -0.514. The molecule has 2 aromatic heterocycles. The van der Waals surface area contributed by atoms with Crippen molar-refractivity contribution in [3.8, 4) is 0 Å². The van der Waals surface area contributed by atoms with E-state index >= 15 is 0 Å². The Labute approximate surface area is 128 Å². The average Bonchev–Trinajstić information content (AvgIpc) is 2.54. The van der Waals surface area contributed by atoms with Crippen molar-refractivity contribution in [2.24, 2.45) is 0 Å². The van der Waals surface area contributed by atoms with Crippen LogP contribution in [-0.2, 0) is 11.3 Å². The van der Waals surface area contributed by atoms with E-state index in [1.807, 2.05) is 49.4 Å². The first kappa shape index (κ1) is 14.0. The molecule has 3 rings (SSSR count). The number of hydrogen-bond donors (Lipinski definition) is 1. The Morgan fingerprint density at radius 1 is 1.18 bits per heavy atom. The van der Waals surface area contributed by atoms with Crippen LogP contribution >= 0.6 is 0 Å². The molecular formula is C17H15N3O2. The van der Waals surface area contributed by atoms with Gasteiger partial charge in [-0.1, -0.05) is 24.3 Å². The van der Waals surface area contributed by atoms with E-state index in [4.69, 9.17) is 4.74 Å². The zero-order chi connectivity index (χ0) is 15.4.